The molecule has 0 rings (SSSR count). The van der Waals surface area contributed by atoms with E-state index < -0.39 is 0 Å². The molecule has 0 amide bonds. The van der Waals surface area contributed by atoms with Crippen LogP contribution in [0.25, 0.3) is 0 Å². The van der Waals surface area contributed by atoms with Gasteiger partial charge in [0.2, 0.25) is 0 Å². The predicted molar refractivity (Wildman–Crippen MR) is 157 cm³/mol. The van der Waals surface area contributed by atoms with Crippen LogP contribution >= 0.6 is 0 Å². The van der Waals surface area contributed by atoms with Gasteiger partial charge in [-0.05, 0) is 6.42 Å². The molecule has 0 aromatic carbocycles. The molecule has 14 nitrogen and oxygen atoms in total. The number of carbonyl (C=O) groups excluding carboxylic acids is 1. The van der Waals surface area contributed by atoms with Gasteiger partial charge in [0.1, 0.15) is 6.61 Å². The molecule has 0 aliphatic carbocycles. The van der Waals surface area contributed by atoms with Crippen molar-refractivity contribution in [1.82, 2.24) is 0 Å². The lowest BCUT2D eigenvalue weighted by molar-refractivity contribution is -0.149. The van der Waals surface area contributed by atoms with Gasteiger partial charge in [-0.1, -0.05) is 13.8 Å². The molecular formula is C29H58O14. The van der Waals surface area contributed by atoms with Crippen molar-refractivity contribution in [2.24, 2.45) is 5.92 Å². The maximum absolute atomic E-state index is 11.5. The Hall–Kier alpha value is -1.01. The summed E-state index contributed by atoms with van der Waals surface area (Å²) in [5.41, 5.74) is 0. The Morgan fingerprint density at radius 3 is 0.837 bits per heavy atom. The highest BCUT2D eigenvalue weighted by atomic mass is 16.6. The van der Waals surface area contributed by atoms with Gasteiger partial charge < -0.3 is 61.9 Å². The Bertz CT molecular complexity index is 543. The first-order valence-corrected chi connectivity index (χ1v) is 15.3. The first kappa shape index (κ1) is 42.0. The van der Waals surface area contributed by atoms with Crippen LogP contribution in [0, 0.1) is 5.92 Å². The Balaban J connectivity index is 3.07. The molecule has 0 aliphatic heterocycles. The lowest BCUT2D eigenvalue weighted by atomic mass is 10.1. The minimum Gasteiger partial charge on any atom is -0.463 e. The van der Waals surface area contributed by atoms with E-state index in [9.17, 15) is 4.79 Å². The van der Waals surface area contributed by atoms with Crippen LogP contribution in [-0.4, -0.2) is 170 Å². The number of esters is 1. The normalized spacial score (nSPS) is 12.2. The highest BCUT2D eigenvalue weighted by molar-refractivity contribution is 5.71. The van der Waals surface area contributed by atoms with Crippen LogP contribution in [0.15, 0.2) is 0 Å². The largest absolute Gasteiger partial charge is 0.463 e. The van der Waals surface area contributed by atoms with E-state index in [1.54, 1.807) is 0 Å². The zero-order valence-corrected chi connectivity index (χ0v) is 26.5. The van der Waals surface area contributed by atoms with Gasteiger partial charge in [-0.15, -0.1) is 0 Å². The molecule has 1 unspecified atom stereocenters. The van der Waals surface area contributed by atoms with Gasteiger partial charge in [-0.2, -0.15) is 0 Å². The number of rotatable bonds is 37. The molecule has 14 heteroatoms. The molecule has 0 bridgehead atoms. The van der Waals surface area contributed by atoms with Gasteiger partial charge in [0.05, 0.1) is 158 Å². The van der Waals surface area contributed by atoms with Crippen molar-refractivity contribution in [3.63, 3.8) is 0 Å². The van der Waals surface area contributed by atoms with E-state index in [0.717, 1.165) is 6.42 Å². The zero-order chi connectivity index (χ0) is 31.3. The van der Waals surface area contributed by atoms with E-state index in [0.29, 0.717) is 145 Å². The smallest absolute Gasteiger partial charge is 0.308 e. The summed E-state index contributed by atoms with van der Waals surface area (Å²) in [6, 6.07) is 0. The second-order valence-corrected chi connectivity index (χ2v) is 8.94. The highest BCUT2D eigenvalue weighted by Crippen LogP contribution is 2.02. The van der Waals surface area contributed by atoms with Crippen molar-refractivity contribution < 1.29 is 66.7 Å². The molecule has 1 N–H and O–H groups in total. The highest BCUT2D eigenvalue weighted by Gasteiger charge is 2.11. The maximum atomic E-state index is 11.5. The van der Waals surface area contributed by atoms with Crippen LogP contribution < -0.4 is 0 Å². The molecule has 0 spiro atoms. The van der Waals surface area contributed by atoms with Crippen LogP contribution in [0.4, 0.5) is 0 Å². The van der Waals surface area contributed by atoms with Crippen LogP contribution in [-0.2, 0) is 61.6 Å². The fourth-order valence-corrected chi connectivity index (χ4v) is 2.88. The molecule has 0 radical (unpaired) electrons. The van der Waals surface area contributed by atoms with E-state index >= 15 is 0 Å². The Labute approximate surface area is 257 Å². The van der Waals surface area contributed by atoms with Crippen molar-refractivity contribution in [3.8, 4) is 0 Å². The van der Waals surface area contributed by atoms with Crippen LogP contribution in [0.1, 0.15) is 20.3 Å². The predicted octanol–water partition coefficient (Wildman–Crippen LogP) is 0.751. The first-order valence-electron chi connectivity index (χ1n) is 15.3. The van der Waals surface area contributed by atoms with E-state index in [4.69, 9.17) is 61.9 Å². The number of aliphatic hydroxyl groups excluding tert-OH is 1. The molecule has 1 atom stereocenters. The summed E-state index contributed by atoms with van der Waals surface area (Å²) in [4.78, 5) is 11.5. The quantitative estimate of drug-likeness (QED) is 0.0760. The molecule has 0 saturated carbocycles. The third kappa shape index (κ3) is 35.3. The van der Waals surface area contributed by atoms with E-state index in [-0.39, 0.29) is 25.1 Å². The standard InChI is InChI=1S/C29H58O14/c1-3-28(2)29(31)43-27-26-42-25-24-41-23-22-40-21-20-39-19-18-38-17-16-37-15-14-36-13-12-35-11-10-34-9-8-33-7-6-32-5-4-30/h28,30H,3-27H2,1-2H3. The number of hydrogen-bond donors (Lipinski definition) is 1. The van der Waals surface area contributed by atoms with Gasteiger partial charge in [-0.25, -0.2) is 0 Å². The zero-order valence-electron chi connectivity index (χ0n) is 26.5. The van der Waals surface area contributed by atoms with Gasteiger partial charge in [0.25, 0.3) is 0 Å². The summed E-state index contributed by atoms with van der Waals surface area (Å²) in [7, 11) is 0. The average Bonchev–Trinajstić information content (AvgIpc) is 3.02. The monoisotopic (exact) mass is 630 g/mol. The van der Waals surface area contributed by atoms with Gasteiger partial charge in [-0.3, -0.25) is 4.79 Å². The number of hydrogen-bond acceptors (Lipinski definition) is 14. The van der Waals surface area contributed by atoms with Crippen LogP contribution in [0.3, 0.4) is 0 Å². The van der Waals surface area contributed by atoms with E-state index in [2.05, 4.69) is 0 Å². The number of aliphatic hydroxyl groups is 1. The molecule has 0 saturated heterocycles. The summed E-state index contributed by atoms with van der Waals surface area (Å²) < 4.78 is 64.4. The van der Waals surface area contributed by atoms with Crippen LogP contribution in [0.2, 0.25) is 0 Å². The Morgan fingerprint density at radius 2 is 0.628 bits per heavy atom. The molecule has 43 heavy (non-hydrogen) atoms. The lowest BCUT2D eigenvalue weighted by Crippen LogP contribution is -2.18. The first-order chi connectivity index (χ1) is 21.2. The summed E-state index contributed by atoms with van der Waals surface area (Å²) in [6.45, 7) is 14.6. The summed E-state index contributed by atoms with van der Waals surface area (Å²) in [5, 5.41) is 8.57. The minimum absolute atomic E-state index is 0.0228. The van der Waals surface area contributed by atoms with Gasteiger partial charge in [0, 0.05) is 0 Å². The third-order valence-corrected chi connectivity index (χ3v) is 5.44. The number of carbonyl (C=O) groups is 1. The van der Waals surface area contributed by atoms with Crippen molar-refractivity contribution in [3.05, 3.63) is 0 Å². The maximum Gasteiger partial charge on any atom is 0.308 e. The molecule has 0 aromatic rings. The van der Waals surface area contributed by atoms with Crippen molar-refractivity contribution >= 4 is 5.97 Å². The summed E-state index contributed by atoms with van der Waals surface area (Å²) in [5.74, 6) is -0.260. The van der Waals surface area contributed by atoms with Gasteiger partial charge in [0.15, 0.2) is 0 Å². The molecule has 0 heterocycles. The van der Waals surface area contributed by atoms with Crippen molar-refractivity contribution in [2.75, 3.05) is 159 Å². The summed E-state index contributed by atoms with van der Waals surface area (Å²) in [6.07, 6.45) is 0.770. The number of ether oxygens (including phenoxy) is 12. The SMILES string of the molecule is CCC(C)C(=O)OCCOCCOCCOCCOCCOCCOCCOCCOCCOCCOCCOCCO. The molecule has 0 aromatic heterocycles. The topological polar surface area (TPSA) is 148 Å². The second-order valence-electron chi connectivity index (χ2n) is 8.94. The molecular weight excluding hydrogens is 572 g/mol. The van der Waals surface area contributed by atoms with Gasteiger partial charge >= 0.3 is 5.97 Å². The lowest BCUT2D eigenvalue weighted by Gasteiger charge is -2.10. The fourth-order valence-electron chi connectivity index (χ4n) is 2.88. The molecule has 0 fully saturated rings. The van der Waals surface area contributed by atoms with E-state index in [1.807, 2.05) is 13.8 Å². The average molecular weight is 631 g/mol. The Kier molecular flexibility index (Phi) is 36.3. The third-order valence-electron chi connectivity index (χ3n) is 5.44. The van der Waals surface area contributed by atoms with Crippen molar-refractivity contribution in [1.29, 1.82) is 0 Å². The minimum atomic E-state index is -0.185. The second kappa shape index (κ2) is 37.2. The van der Waals surface area contributed by atoms with Crippen molar-refractivity contribution in [2.45, 2.75) is 20.3 Å². The summed E-state index contributed by atoms with van der Waals surface area (Å²) >= 11 is 0. The van der Waals surface area contributed by atoms with E-state index in [1.165, 1.54) is 0 Å². The fraction of sp³-hybridized carbons (Fsp3) is 0.966. The Morgan fingerprint density at radius 1 is 0.419 bits per heavy atom. The molecule has 0 aliphatic rings. The molecule has 258 valence electrons. The van der Waals surface area contributed by atoms with Crippen LogP contribution in [0.5, 0.6) is 0 Å².